The normalized spacial score (nSPS) is 27.4. The Balaban J connectivity index is 3.07. The average Bonchev–Trinajstić information content (AvgIpc) is 2.53. The number of rotatable bonds is 9. The van der Waals surface area contributed by atoms with E-state index in [-0.39, 0.29) is 25.9 Å². The molecule has 0 amide bonds. The van der Waals surface area contributed by atoms with Gasteiger partial charge in [-0.05, 0) is 19.3 Å². The Kier molecular flexibility index (Phi) is 8.85. The number of carboxylic acids is 1. The van der Waals surface area contributed by atoms with Gasteiger partial charge >= 0.3 is 17.9 Å². The molecule has 0 bridgehead atoms. The molecule has 1 saturated heterocycles. The maximum atomic E-state index is 12.0. The second-order valence-corrected chi connectivity index (χ2v) is 6.15. The van der Waals surface area contributed by atoms with Crippen LogP contribution in [0.15, 0.2) is 0 Å². The first-order valence-corrected chi connectivity index (χ1v) is 8.77. The van der Waals surface area contributed by atoms with Crippen molar-refractivity contribution in [1.29, 1.82) is 0 Å². The van der Waals surface area contributed by atoms with E-state index in [1.807, 2.05) is 6.92 Å². The van der Waals surface area contributed by atoms with Crippen LogP contribution in [0.5, 0.6) is 0 Å². The van der Waals surface area contributed by atoms with Gasteiger partial charge in [-0.25, -0.2) is 0 Å². The lowest BCUT2D eigenvalue weighted by atomic mass is 9.82. The first kappa shape index (κ1) is 21.4. The van der Waals surface area contributed by atoms with Crippen LogP contribution in [0.3, 0.4) is 0 Å². The van der Waals surface area contributed by atoms with Crippen LogP contribution in [0.1, 0.15) is 52.9 Å². The van der Waals surface area contributed by atoms with Crippen LogP contribution in [0.4, 0.5) is 0 Å². The highest BCUT2D eigenvalue weighted by Crippen LogP contribution is 2.32. The van der Waals surface area contributed by atoms with E-state index in [1.165, 1.54) is 0 Å². The molecular formula is C17H28O8. The third-order valence-electron chi connectivity index (χ3n) is 4.20. The zero-order chi connectivity index (χ0) is 19.0. The predicted molar refractivity (Wildman–Crippen MR) is 86.4 cm³/mol. The highest BCUT2D eigenvalue weighted by Gasteiger charge is 2.48. The fourth-order valence-corrected chi connectivity index (χ4v) is 2.92. The summed E-state index contributed by atoms with van der Waals surface area (Å²) < 4.78 is 15.9. The highest BCUT2D eigenvalue weighted by atomic mass is 16.7. The van der Waals surface area contributed by atoms with Gasteiger partial charge in [0.15, 0.2) is 12.4 Å². The lowest BCUT2D eigenvalue weighted by molar-refractivity contribution is -0.260. The number of aliphatic hydroxyl groups is 1. The maximum Gasteiger partial charge on any atom is 0.306 e. The van der Waals surface area contributed by atoms with Crippen LogP contribution in [-0.4, -0.2) is 53.2 Å². The van der Waals surface area contributed by atoms with Gasteiger partial charge in [0.1, 0.15) is 6.10 Å². The molecule has 1 heterocycles. The molecule has 5 atom stereocenters. The van der Waals surface area contributed by atoms with Gasteiger partial charge in [0.05, 0.1) is 12.5 Å². The molecule has 8 nitrogen and oxygen atoms in total. The fourth-order valence-electron chi connectivity index (χ4n) is 2.92. The number of carboxylic acid groups (broad SMARTS) is 1. The quantitative estimate of drug-likeness (QED) is 0.594. The van der Waals surface area contributed by atoms with Crippen molar-refractivity contribution in [3.63, 3.8) is 0 Å². The van der Waals surface area contributed by atoms with Crippen LogP contribution < -0.4 is 0 Å². The summed E-state index contributed by atoms with van der Waals surface area (Å²) in [6.07, 6.45) is -2.08. The SMILES string of the molecule is CCCC(=O)O[C@@H]1[C@H](C(CC)C(=O)O)COC(O)[C@@H]1OC(=O)CCC. The molecule has 144 valence electrons. The van der Waals surface area contributed by atoms with E-state index >= 15 is 0 Å². The number of carbonyl (C=O) groups is 3. The number of ether oxygens (including phenoxy) is 3. The first-order valence-electron chi connectivity index (χ1n) is 8.77. The number of esters is 2. The standard InChI is InChI=1S/C17H28O8/c1-4-7-12(18)24-14-11(10(6-3)16(20)21)9-23-17(22)15(14)25-13(19)8-5-2/h10-11,14-15,17,22H,4-9H2,1-3H3,(H,20,21)/t10?,11-,14+,15+,17?/m0/s1. The third-order valence-corrected chi connectivity index (χ3v) is 4.20. The first-order chi connectivity index (χ1) is 11.8. The summed E-state index contributed by atoms with van der Waals surface area (Å²) in [6.45, 7) is 5.21. The van der Waals surface area contributed by atoms with Gasteiger partial charge in [0.2, 0.25) is 0 Å². The van der Waals surface area contributed by atoms with Crippen molar-refractivity contribution in [3.8, 4) is 0 Å². The van der Waals surface area contributed by atoms with Gasteiger partial charge in [-0.2, -0.15) is 0 Å². The summed E-state index contributed by atoms with van der Waals surface area (Å²) in [5, 5.41) is 19.5. The molecule has 2 unspecified atom stereocenters. The van der Waals surface area contributed by atoms with Gasteiger partial charge in [-0.1, -0.05) is 20.8 Å². The predicted octanol–water partition coefficient (Wildman–Crippen LogP) is 1.49. The summed E-state index contributed by atoms with van der Waals surface area (Å²) in [7, 11) is 0. The topological polar surface area (TPSA) is 119 Å². The molecule has 0 aromatic heterocycles. The number of aliphatic carboxylic acids is 1. The van der Waals surface area contributed by atoms with E-state index in [0.29, 0.717) is 12.8 Å². The zero-order valence-corrected chi connectivity index (χ0v) is 15.0. The molecule has 25 heavy (non-hydrogen) atoms. The van der Waals surface area contributed by atoms with E-state index in [9.17, 15) is 24.6 Å². The Bertz CT molecular complexity index is 464. The Morgan fingerprint density at radius 3 is 2.00 bits per heavy atom. The molecule has 1 aliphatic rings. The highest BCUT2D eigenvalue weighted by molar-refractivity contribution is 5.72. The van der Waals surface area contributed by atoms with E-state index in [2.05, 4.69) is 0 Å². The van der Waals surface area contributed by atoms with Crippen molar-refractivity contribution in [1.82, 2.24) is 0 Å². The summed E-state index contributed by atoms with van der Waals surface area (Å²) in [5.41, 5.74) is 0. The van der Waals surface area contributed by atoms with Crippen molar-refractivity contribution in [2.75, 3.05) is 6.61 Å². The van der Waals surface area contributed by atoms with Crippen LogP contribution in [-0.2, 0) is 28.6 Å². The van der Waals surface area contributed by atoms with E-state index in [4.69, 9.17) is 14.2 Å². The number of hydrogen-bond acceptors (Lipinski definition) is 7. The van der Waals surface area contributed by atoms with E-state index < -0.39 is 48.2 Å². The second-order valence-electron chi connectivity index (χ2n) is 6.15. The molecule has 0 radical (unpaired) electrons. The molecule has 0 saturated carbocycles. The van der Waals surface area contributed by atoms with Crippen molar-refractivity contribution in [2.24, 2.45) is 11.8 Å². The Morgan fingerprint density at radius 1 is 1.04 bits per heavy atom. The smallest absolute Gasteiger partial charge is 0.306 e. The van der Waals surface area contributed by atoms with Gasteiger partial charge in [0.25, 0.3) is 0 Å². The Hall–Kier alpha value is -1.67. The summed E-state index contributed by atoms with van der Waals surface area (Å²) in [6, 6.07) is 0. The van der Waals surface area contributed by atoms with Gasteiger partial charge in [-0.3, -0.25) is 14.4 Å². The Morgan fingerprint density at radius 2 is 1.56 bits per heavy atom. The summed E-state index contributed by atoms with van der Waals surface area (Å²) in [4.78, 5) is 35.4. The van der Waals surface area contributed by atoms with Crippen molar-refractivity contribution in [2.45, 2.75) is 71.4 Å². The molecule has 8 heteroatoms. The lowest BCUT2D eigenvalue weighted by Crippen LogP contribution is -2.56. The number of hydrogen-bond donors (Lipinski definition) is 2. The third kappa shape index (κ3) is 5.97. The molecule has 0 spiro atoms. The van der Waals surface area contributed by atoms with Crippen LogP contribution in [0.25, 0.3) is 0 Å². The van der Waals surface area contributed by atoms with Crippen molar-refractivity contribution >= 4 is 17.9 Å². The molecule has 0 aliphatic carbocycles. The van der Waals surface area contributed by atoms with E-state index in [1.54, 1.807) is 13.8 Å². The lowest BCUT2D eigenvalue weighted by Gasteiger charge is -2.41. The van der Waals surface area contributed by atoms with Gasteiger partial charge < -0.3 is 24.4 Å². The minimum absolute atomic E-state index is 0.0993. The van der Waals surface area contributed by atoms with Crippen molar-refractivity contribution < 1.29 is 38.8 Å². The van der Waals surface area contributed by atoms with Crippen LogP contribution >= 0.6 is 0 Å². The average molecular weight is 360 g/mol. The molecule has 1 aliphatic heterocycles. The molecule has 0 aromatic rings. The van der Waals surface area contributed by atoms with E-state index in [0.717, 1.165) is 0 Å². The summed E-state index contributed by atoms with van der Waals surface area (Å²) >= 11 is 0. The van der Waals surface area contributed by atoms with Gasteiger partial charge in [-0.15, -0.1) is 0 Å². The zero-order valence-electron chi connectivity index (χ0n) is 15.0. The largest absolute Gasteiger partial charge is 0.481 e. The summed E-state index contributed by atoms with van der Waals surface area (Å²) in [5.74, 6) is -3.70. The monoisotopic (exact) mass is 360 g/mol. The fraction of sp³-hybridized carbons (Fsp3) is 0.824. The molecule has 2 N–H and O–H groups in total. The van der Waals surface area contributed by atoms with Gasteiger partial charge in [0, 0.05) is 18.8 Å². The number of carbonyl (C=O) groups excluding carboxylic acids is 2. The molecule has 1 fully saturated rings. The number of aliphatic hydroxyl groups excluding tert-OH is 1. The maximum absolute atomic E-state index is 12.0. The van der Waals surface area contributed by atoms with Crippen molar-refractivity contribution in [3.05, 3.63) is 0 Å². The minimum atomic E-state index is -1.47. The molecular weight excluding hydrogens is 332 g/mol. The Labute approximate surface area is 147 Å². The molecule has 1 rings (SSSR count). The second kappa shape index (κ2) is 10.4. The van der Waals surface area contributed by atoms with Crippen LogP contribution in [0, 0.1) is 11.8 Å². The molecule has 0 aromatic carbocycles. The van der Waals surface area contributed by atoms with Crippen LogP contribution in [0.2, 0.25) is 0 Å². The minimum Gasteiger partial charge on any atom is -0.481 e.